The number of benzene rings is 2. The van der Waals surface area contributed by atoms with Gasteiger partial charge in [0.15, 0.2) is 5.11 Å². The van der Waals surface area contributed by atoms with E-state index in [1.165, 1.54) is 6.07 Å². The molecule has 3 heterocycles. The van der Waals surface area contributed by atoms with E-state index in [4.69, 9.17) is 21.7 Å². The molecular weight excluding hydrogens is 475 g/mol. The van der Waals surface area contributed by atoms with Crippen molar-refractivity contribution in [1.29, 1.82) is 0 Å². The van der Waals surface area contributed by atoms with E-state index in [9.17, 15) is 4.39 Å². The number of ether oxygens (including phenoxy) is 2. The molecule has 0 unspecified atom stereocenters. The van der Waals surface area contributed by atoms with Gasteiger partial charge in [0.1, 0.15) is 17.3 Å². The fourth-order valence-electron chi connectivity index (χ4n) is 5.01. The zero-order valence-corrected chi connectivity index (χ0v) is 21.3. The van der Waals surface area contributed by atoms with Gasteiger partial charge in [0.2, 0.25) is 0 Å². The highest BCUT2D eigenvalue weighted by Crippen LogP contribution is 2.46. The summed E-state index contributed by atoms with van der Waals surface area (Å²) in [4.78, 5) is 6.72. The van der Waals surface area contributed by atoms with Gasteiger partial charge in [-0.3, -0.25) is 4.98 Å². The maximum absolute atomic E-state index is 14.1. The van der Waals surface area contributed by atoms with Gasteiger partial charge in [-0.05, 0) is 80.2 Å². The average molecular weight is 503 g/mol. The van der Waals surface area contributed by atoms with E-state index >= 15 is 0 Å². The van der Waals surface area contributed by atoms with Crippen LogP contribution in [0.3, 0.4) is 0 Å². The van der Waals surface area contributed by atoms with Crippen LogP contribution >= 0.6 is 12.2 Å². The van der Waals surface area contributed by atoms with Crippen LogP contribution in [-0.4, -0.2) is 28.9 Å². The van der Waals surface area contributed by atoms with Crippen molar-refractivity contribution in [3.63, 3.8) is 0 Å². The third-order valence-electron chi connectivity index (χ3n) is 6.60. The molecule has 0 aliphatic carbocycles. The number of nitrogens with one attached hydrogen (secondary N) is 1. The van der Waals surface area contributed by atoms with Gasteiger partial charge in [0.05, 0.1) is 37.7 Å². The predicted molar refractivity (Wildman–Crippen MR) is 143 cm³/mol. The highest BCUT2D eigenvalue weighted by atomic mass is 32.1. The molecule has 0 bridgehead atoms. The number of hydrogen-bond acceptors (Lipinski definition) is 4. The second kappa shape index (κ2) is 9.62. The minimum absolute atomic E-state index is 0.216. The monoisotopic (exact) mass is 502 g/mol. The number of rotatable bonds is 6. The second-order valence-electron chi connectivity index (χ2n) is 8.68. The minimum atomic E-state index is -0.277. The number of anilines is 1. The highest BCUT2D eigenvalue weighted by Gasteiger charge is 2.43. The summed E-state index contributed by atoms with van der Waals surface area (Å²) in [6.45, 7) is 4.07. The van der Waals surface area contributed by atoms with Crippen LogP contribution in [0.5, 0.6) is 11.5 Å². The molecule has 2 aromatic carbocycles. The molecule has 4 aromatic rings. The Balaban J connectivity index is 1.70. The van der Waals surface area contributed by atoms with E-state index < -0.39 is 0 Å². The first-order valence-electron chi connectivity index (χ1n) is 11.6. The van der Waals surface area contributed by atoms with Gasteiger partial charge in [0, 0.05) is 29.3 Å². The van der Waals surface area contributed by atoms with Gasteiger partial charge in [-0.15, -0.1) is 0 Å². The number of aromatic nitrogens is 2. The predicted octanol–water partition coefficient (Wildman–Crippen LogP) is 5.82. The molecule has 8 heteroatoms. The molecule has 0 spiro atoms. The Morgan fingerprint density at radius 2 is 1.81 bits per heavy atom. The molecule has 184 valence electrons. The standard InChI is InChI=1S/C28H27FN4O2S/c1-17-14-22(18(2)32(17)20-9-7-8-19(29)15-20)27-26(23-10-5-6-13-30-23)31-28(36)33(27)24-12-11-21(34-3)16-25(24)35-4/h5-16,26-27H,1-4H3,(H,31,36)/t26-,27-/m0/s1. The quantitative estimate of drug-likeness (QED) is 0.335. The van der Waals surface area contributed by atoms with Gasteiger partial charge in [0.25, 0.3) is 0 Å². The molecule has 1 saturated heterocycles. The molecule has 1 N–H and O–H groups in total. The van der Waals surface area contributed by atoms with E-state index in [-0.39, 0.29) is 17.9 Å². The number of pyridine rings is 1. The summed E-state index contributed by atoms with van der Waals surface area (Å²) in [5.74, 6) is 1.06. The van der Waals surface area contributed by atoms with E-state index in [0.717, 1.165) is 34.0 Å². The van der Waals surface area contributed by atoms with Crippen LogP contribution in [0, 0.1) is 19.7 Å². The average Bonchev–Trinajstić information content (AvgIpc) is 3.38. The molecule has 2 atom stereocenters. The fourth-order valence-corrected chi connectivity index (χ4v) is 5.35. The molecule has 2 aromatic heterocycles. The van der Waals surface area contributed by atoms with E-state index in [2.05, 4.69) is 25.8 Å². The SMILES string of the molecule is COc1ccc(N2C(=S)N[C@@H](c3ccccn3)[C@@H]2c2cc(C)n(-c3cccc(F)c3)c2C)c(OC)c1. The van der Waals surface area contributed by atoms with Crippen LogP contribution in [0.2, 0.25) is 0 Å². The lowest BCUT2D eigenvalue weighted by Crippen LogP contribution is -2.30. The van der Waals surface area contributed by atoms with Crippen molar-refractivity contribution < 1.29 is 13.9 Å². The number of nitrogens with zero attached hydrogens (tertiary/aromatic N) is 3. The van der Waals surface area contributed by atoms with Crippen LogP contribution < -0.4 is 19.7 Å². The maximum atomic E-state index is 14.1. The van der Waals surface area contributed by atoms with E-state index in [1.807, 2.05) is 56.3 Å². The summed E-state index contributed by atoms with van der Waals surface area (Å²) in [7, 11) is 3.25. The first kappa shape index (κ1) is 23.8. The smallest absolute Gasteiger partial charge is 0.174 e. The highest BCUT2D eigenvalue weighted by molar-refractivity contribution is 7.80. The number of halogens is 1. The third-order valence-corrected chi connectivity index (χ3v) is 6.91. The second-order valence-corrected chi connectivity index (χ2v) is 9.06. The lowest BCUT2D eigenvalue weighted by Gasteiger charge is -2.29. The van der Waals surface area contributed by atoms with Crippen molar-refractivity contribution in [1.82, 2.24) is 14.9 Å². The van der Waals surface area contributed by atoms with Gasteiger partial charge < -0.3 is 24.3 Å². The van der Waals surface area contributed by atoms with Crippen LogP contribution in [-0.2, 0) is 0 Å². The van der Waals surface area contributed by atoms with Crippen molar-refractivity contribution >= 4 is 23.0 Å². The summed E-state index contributed by atoms with van der Waals surface area (Å²) < 4.78 is 27.3. The number of methoxy groups -OCH3 is 2. The minimum Gasteiger partial charge on any atom is -0.497 e. The molecule has 1 fully saturated rings. The Bertz CT molecular complexity index is 1420. The van der Waals surface area contributed by atoms with E-state index in [1.54, 1.807) is 32.5 Å². The van der Waals surface area contributed by atoms with Crippen LogP contribution in [0.1, 0.15) is 34.7 Å². The summed E-state index contributed by atoms with van der Waals surface area (Å²) >= 11 is 5.88. The zero-order chi connectivity index (χ0) is 25.4. The van der Waals surface area contributed by atoms with Gasteiger partial charge >= 0.3 is 0 Å². The Labute approximate surface area is 215 Å². The zero-order valence-electron chi connectivity index (χ0n) is 20.5. The van der Waals surface area contributed by atoms with Crippen molar-refractivity contribution in [2.24, 2.45) is 0 Å². The molecule has 1 aliphatic rings. The molecule has 0 amide bonds. The summed E-state index contributed by atoms with van der Waals surface area (Å²) in [5.41, 5.74) is 5.50. The molecular formula is C28H27FN4O2S. The lowest BCUT2D eigenvalue weighted by atomic mass is 9.96. The Kier molecular flexibility index (Phi) is 6.36. The van der Waals surface area contributed by atoms with Gasteiger partial charge in [-0.2, -0.15) is 0 Å². The van der Waals surface area contributed by atoms with Gasteiger partial charge in [-0.25, -0.2) is 4.39 Å². The number of aryl methyl sites for hydroxylation is 1. The number of thiocarbonyl (C=S) groups is 1. The summed E-state index contributed by atoms with van der Waals surface area (Å²) in [6.07, 6.45) is 1.78. The lowest BCUT2D eigenvalue weighted by molar-refractivity contribution is 0.394. The Morgan fingerprint density at radius 3 is 2.50 bits per heavy atom. The molecule has 5 rings (SSSR count). The van der Waals surface area contributed by atoms with Crippen molar-refractivity contribution in [3.8, 4) is 17.2 Å². The molecule has 0 saturated carbocycles. The van der Waals surface area contributed by atoms with Crippen molar-refractivity contribution in [3.05, 3.63) is 101 Å². The van der Waals surface area contributed by atoms with Crippen LogP contribution in [0.4, 0.5) is 10.1 Å². The molecule has 1 aliphatic heterocycles. The fraction of sp³-hybridized carbons (Fsp3) is 0.214. The Morgan fingerprint density at radius 1 is 0.972 bits per heavy atom. The van der Waals surface area contributed by atoms with Crippen LogP contribution in [0.25, 0.3) is 5.69 Å². The van der Waals surface area contributed by atoms with Crippen LogP contribution in [0.15, 0.2) is 72.9 Å². The molecule has 0 radical (unpaired) electrons. The largest absolute Gasteiger partial charge is 0.497 e. The Hall–Kier alpha value is -3.91. The molecule has 36 heavy (non-hydrogen) atoms. The van der Waals surface area contributed by atoms with Crippen molar-refractivity contribution in [2.45, 2.75) is 25.9 Å². The molecule has 6 nitrogen and oxygen atoms in total. The topological polar surface area (TPSA) is 51.5 Å². The number of hydrogen-bond donors (Lipinski definition) is 1. The van der Waals surface area contributed by atoms with E-state index in [0.29, 0.717) is 16.6 Å². The summed E-state index contributed by atoms with van der Waals surface area (Å²) in [6, 6.07) is 19.9. The first-order valence-corrected chi connectivity index (χ1v) is 12.0. The normalized spacial score (nSPS) is 17.2. The summed E-state index contributed by atoms with van der Waals surface area (Å²) in [5, 5.41) is 4.06. The van der Waals surface area contributed by atoms with Gasteiger partial charge in [-0.1, -0.05) is 12.1 Å². The van der Waals surface area contributed by atoms with Crippen molar-refractivity contribution in [2.75, 3.05) is 19.1 Å². The third kappa shape index (κ3) is 4.07. The first-order chi connectivity index (χ1) is 17.4. The maximum Gasteiger partial charge on any atom is 0.174 e.